The highest BCUT2D eigenvalue weighted by molar-refractivity contribution is 7.90. The highest BCUT2D eigenvalue weighted by atomic mass is 32.2. The van der Waals surface area contributed by atoms with E-state index in [2.05, 4.69) is 5.32 Å². The van der Waals surface area contributed by atoms with Gasteiger partial charge in [-0.15, -0.1) is 0 Å². The molecule has 0 saturated heterocycles. The first-order valence-electron chi connectivity index (χ1n) is 7.33. The molecule has 0 bridgehead atoms. The molecule has 2 aromatic rings. The van der Waals surface area contributed by atoms with Gasteiger partial charge in [-0.1, -0.05) is 29.8 Å². The normalized spacial score (nSPS) is 11.3. The smallest absolute Gasteiger partial charge is 0.228 e. The molecule has 2 rings (SSSR count). The minimum Gasteiger partial charge on any atom is -0.325 e. The van der Waals surface area contributed by atoms with Gasteiger partial charge in [-0.05, 0) is 49.6 Å². The van der Waals surface area contributed by atoms with Crippen molar-refractivity contribution in [1.82, 2.24) is 0 Å². The summed E-state index contributed by atoms with van der Waals surface area (Å²) < 4.78 is 22.9. The van der Waals surface area contributed by atoms with Gasteiger partial charge >= 0.3 is 0 Å². The molecule has 0 radical (unpaired) electrons. The number of sulfone groups is 1. The molecule has 1 N–H and O–H groups in total. The molecule has 0 fully saturated rings. The molecule has 4 nitrogen and oxygen atoms in total. The molecule has 0 saturated carbocycles. The molecule has 0 atom stereocenters. The molecule has 0 aliphatic carbocycles. The molecular formula is C18H21NO3S. The van der Waals surface area contributed by atoms with Gasteiger partial charge in [0.05, 0.1) is 11.3 Å². The van der Waals surface area contributed by atoms with E-state index in [0.717, 1.165) is 34.2 Å². The first-order valence-corrected chi connectivity index (χ1v) is 9.22. The highest BCUT2D eigenvalue weighted by Gasteiger charge is 2.11. The van der Waals surface area contributed by atoms with Crippen LogP contribution in [0.2, 0.25) is 0 Å². The van der Waals surface area contributed by atoms with Crippen LogP contribution in [0.3, 0.4) is 0 Å². The largest absolute Gasteiger partial charge is 0.325 e. The zero-order valence-electron chi connectivity index (χ0n) is 13.8. The molecule has 122 valence electrons. The Kier molecular flexibility index (Phi) is 4.90. The molecule has 0 unspecified atom stereocenters. The fourth-order valence-electron chi connectivity index (χ4n) is 2.60. The number of benzene rings is 2. The number of hydrogen-bond donors (Lipinski definition) is 1. The molecule has 1 amide bonds. The topological polar surface area (TPSA) is 63.2 Å². The Labute approximate surface area is 137 Å². The summed E-state index contributed by atoms with van der Waals surface area (Å²) in [6, 6.07) is 10.5. The van der Waals surface area contributed by atoms with E-state index in [1.165, 1.54) is 12.1 Å². The van der Waals surface area contributed by atoms with Crippen LogP contribution in [0.15, 0.2) is 41.3 Å². The molecule has 0 aliphatic heterocycles. The van der Waals surface area contributed by atoms with E-state index in [1.807, 2.05) is 32.9 Å². The van der Waals surface area contributed by atoms with Crippen LogP contribution in [0, 0.1) is 20.8 Å². The van der Waals surface area contributed by atoms with Gasteiger partial charge in [0.15, 0.2) is 9.84 Å². The van der Waals surface area contributed by atoms with Gasteiger partial charge in [0.1, 0.15) is 0 Å². The van der Waals surface area contributed by atoms with E-state index >= 15 is 0 Å². The summed E-state index contributed by atoms with van der Waals surface area (Å²) in [6.07, 6.45) is 1.37. The lowest BCUT2D eigenvalue weighted by Crippen LogP contribution is -2.16. The fourth-order valence-corrected chi connectivity index (χ4v) is 3.23. The van der Waals surface area contributed by atoms with Crippen LogP contribution in [-0.2, 0) is 21.1 Å². The third-order valence-corrected chi connectivity index (χ3v) is 4.79. The van der Waals surface area contributed by atoms with Crippen LogP contribution in [0.1, 0.15) is 22.3 Å². The molecule has 0 heterocycles. The summed E-state index contributed by atoms with van der Waals surface area (Å²) in [7, 11) is -3.21. The average Bonchev–Trinajstić information content (AvgIpc) is 2.42. The van der Waals surface area contributed by atoms with E-state index in [-0.39, 0.29) is 17.2 Å². The summed E-state index contributed by atoms with van der Waals surface area (Å²) in [6.45, 7) is 5.96. The van der Waals surface area contributed by atoms with Crippen molar-refractivity contribution < 1.29 is 13.2 Å². The van der Waals surface area contributed by atoms with Crippen LogP contribution in [0.4, 0.5) is 5.69 Å². The zero-order valence-corrected chi connectivity index (χ0v) is 14.6. The Hall–Kier alpha value is -2.14. The summed E-state index contributed by atoms with van der Waals surface area (Å²) in [4.78, 5) is 12.5. The van der Waals surface area contributed by atoms with Gasteiger partial charge in [0.25, 0.3) is 0 Å². The number of nitrogens with one attached hydrogen (secondary N) is 1. The second-order valence-electron chi connectivity index (χ2n) is 5.91. The van der Waals surface area contributed by atoms with Gasteiger partial charge in [-0.25, -0.2) is 8.42 Å². The third-order valence-electron chi connectivity index (χ3n) is 3.66. The van der Waals surface area contributed by atoms with Crippen LogP contribution >= 0.6 is 0 Å². The van der Waals surface area contributed by atoms with Gasteiger partial charge in [0, 0.05) is 11.9 Å². The second kappa shape index (κ2) is 6.54. The molecule has 0 spiro atoms. The van der Waals surface area contributed by atoms with E-state index in [9.17, 15) is 13.2 Å². The predicted octanol–water partition coefficient (Wildman–Crippen LogP) is 3.20. The van der Waals surface area contributed by atoms with Crippen molar-refractivity contribution in [3.05, 3.63) is 58.7 Å². The van der Waals surface area contributed by atoms with Gasteiger partial charge < -0.3 is 5.32 Å². The lowest BCUT2D eigenvalue weighted by molar-refractivity contribution is -0.115. The maximum Gasteiger partial charge on any atom is 0.228 e. The molecule has 2 aromatic carbocycles. The van der Waals surface area contributed by atoms with E-state index < -0.39 is 9.84 Å². The SMILES string of the molecule is Cc1cc(C)c(NC(=O)Cc2ccc(S(C)(=O)=O)cc2)c(C)c1. The number of anilines is 1. The lowest BCUT2D eigenvalue weighted by atomic mass is 10.0. The minimum absolute atomic E-state index is 0.118. The van der Waals surface area contributed by atoms with Crippen LogP contribution in [-0.4, -0.2) is 20.6 Å². The zero-order chi connectivity index (χ0) is 17.2. The molecule has 23 heavy (non-hydrogen) atoms. The number of hydrogen-bond acceptors (Lipinski definition) is 3. The van der Waals surface area contributed by atoms with Crippen molar-refractivity contribution in [3.8, 4) is 0 Å². The second-order valence-corrected chi connectivity index (χ2v) is 7.93. The summed E-state index contributed by atoms with van der Waals surface area (Å²) >= 11 is 0. The Bertz CT molecular complexity index is 814. The van der Waals surface area contributed by atoms with Gasteiger partial charge in [0.2, 0.25) is 5.91 Å². The van der Waals surface area contributed by atoms with Crippen LogP contribution < -0.4 is 5.32 Å². The monoisotopic (exact) mass is 331 g/mol. The fraction of sp³-hybridized carbons (Fsp3) is 0.278. The average molecular weight is 331 g/mol. The highest BCUT2D eigenvalue weighted by Crippen LogP contribution is 2.22. The quantitative estimate of drug-likeness (QED) is 0.936. The maximum absolute atomic E-state index is 12.2. The van der Waals surface area contributed by atoms with Crippen molar-refractivity contribution in [3.63, 3.8) is 0 Å². The lowest BCUT2D eigenvalue weighted by Gasteiger charge is -2.13. The van der Waals surface area contributed by atoms with Crippen molar-refractivity contribution in [2.24, 2.45) is 0 Å². The summed E-state index contributed by atoms with van der Waals surface area (Å²) in [5.41, 5.74) is 4.84. The third kappa shape index (κ3) is 4.42. The molecular weight excluding hydrogens is 310 g/mol. The van der Waals surface area contributed by atoms with Gasteiger partial charge in [-0.2, -0.15) is 0 Å². The van der Waals surface area contributed by atoms with Crippen molar-refractivity contribution in [2.75, 3.05) is 11.6 Å². The van der Waals surface area contributed by atoms with E-state index in [0.29, 0.717) is 0 Å². The molecule has 0 aromatic heterocycles. The van der Waals surface area contributed by atoms with Gasteiger partial charge in [-0.3, -0.25) is 4.79 Å². The van der Waals surface area contributed by atoms with Crippen molar-refractivity contribution >= 4 is 21.4 Å². The number of amides is 1. The number of carbonyl (C=O) groups excluding carboxylic acids is 1. The summed E-state index contributed by atoms with van der Waals surface area (Å²) in [5.74, 6) is -0.118. The first kappa shape index (κ1) is 17.2. The molecule has 0 aliphatic rings. The van der Waals surface area contributed by atoms with E-state index in [1.54, 1.807) is 12.1 Å². The first-order chi connectivity index (χ1) is 10.7. The standard InChI is InChI=1S/C18H21NO3S/c1-12-9-13(2)18(14(3)10-12)19-17(20)11-15-5-7-16(8-6-15)23(4,21)22/h5-10H,11H2,1-4H3,(H,19,20). The predicted molar refractivity (Wildman–Crippen MR) is 92.5 cm³/mol. The maximum atomic E-state index is 12.2. The summed E-state index contributed by atoms with van der Waals surface area (Å²) in [5, 5.41) is 2.94. The Balaban J connectivity index is 2.11. The Morgan fingerprint density at radius 2 is 1.52 bits per heavy atom. The van der Waals surface area contributed by atoms with Crippen molar-refractivity contribution in [1.29, 1.82) is 0 Å². The van der Waals surface area contributed by atoms with Crippen LogP contribution in [0.5, 0.6) is 0 Å². The minimum atomic E-state index is -3.21. The Morgan fingerprint density at radius 1 is 1.00 bits per heavy atom. The number of rotatable bonds is 4. The molecule has 5 heteroatoms. The van der Waals surface area contributed by atoms with E-state index in [4.69, 9.17) is 0 Å². The Morgan fingerprint density at radius 3 is 2.00 bits per heavy atom. The number of carbonyl (C=O) groups is 1. The number of aryl methyl sites for hydroxylation is 3. The van der Waals surface area contributed by atoms with Crippen LogP contribution in [0.25, 0.3) is 0 Å². The van der Waals surface area contributed by atoms with Crippen molar-refractivity contribution in [2.45, 2.75) is 32.1 Å².